The van der Waals surface area contributed by atoms with Crippen molar-refractivity contribution in [2.45, 2.75) is 43.4 Å². The first kappa shape index (κ1) is 9.82. The minimum atomic E-state index is -0.0311. The molecule has 0 amide bonds. The first-order chi connectivity index (χ1) is 7.22. The van der Waals surface area contributed by atoms with Crippen LogP contribution in [0.25, 0.3) is 0 Å². The molecule has 0 aromatic heterocycles. The van der Waals surface area contributed by atoms with Gasteiger partial charge in [0.15, 0.2) is 0 Å². The van der Waals surface area contributed by atoms with Crippen molar-refractivity contribution in [1.82, 2.24) is 4.90 Å². The Morgan fingerprint density at radius 3 is 2.87 bits per heavy atom. The Hall–Kier alpha value is -0.380. The van der Waals surface area contributed by atoms with Crippen LogP contribution in [0, 0.1) is 0 Å². The molecule has 0 spiro atoms. The summed E-state index contributed by atoms with van der Waals surface area (Å²) in [5.41, 5.74) is 1.23. The molecule has 1 saturated carbocycles. The van der Waals surface area contributed by atoms with Crippen LogP contribution in [0.5, 0.6) is 0 Å². The van der Waals surface area contributed by atoms with Gasteiger partial charge in [-0.15, -0.1) is 0 Å². The summed E-state index contributed by atoms with van der Waals surface area (Å²) in [6.45, 7) is 6.21. The zero-order valence-corrected chi connectivity index (χ0v) is 9.11. The number of hydrogen-bond acceptors (Lipinski definition) is 3. The van der Waals surface area contributed by atoms with Gasteiger partial charge < -0.3 is 9.84 Å². The van der Waals surface area contributed by atoms with Crippen molar-refractivity contribution in [3.8, 4) is 0 Å². The molecule has 1 N–H and O–H groups in total. The Bertz CT molecular complexity index is 287. The molecular formula is C12H19NO2. The van der Waals surface area contributed by atoms with E-state index in [4.69, 9.17) is 4.74 Å². The lowest BCUT2D eigenvalue weighted by Gasteiger charge is -2.28. The Morgan fingerprint density at radius 1 is 1.47 bits per heavy atom. The van der Waals surface area contributed by atoms with Crippen LogP contribution in [0.15, 0.2) is 12.2 Å². The quantitative estimate of drug-likeness (QED) is 0.702. The highest BCUT2D eigenvalue weighted by atomic mass is 16.5. The van der Waals surface area contributed by atoms with Crippen LogP contribution in [0.3, 0.4) is 0 Å². The molecule has 3 heteroatoms. The summed E-state index contributed by atoms with van der Waals surface area (Å²) >= 11 is 0. The van der Waals surface area contributed by atoms with Gasteiger partial charge in [0.1, 0.15) is 0 Å². The van der Waals surface area contributed by atoms with Gasteiger partial charge in [0.05, 0.1) is 24.4 Å². The predicted octanol–water partition coefficient (Wildman–Crippen LogP) is 0.931. The van der Waals surface area contributed by atoms with E-state index in [-0.39, 0.29) is 12.1 Å². The summed E-state index contributed by atoms with van der Waals surface area (Å²) in [6, 6.07) is 0. The van der Waals surface area contributed by atoms with E-state index in [0.717, 1.165) is 25.9 Å². The van der Waals surface area contributed by atoms with Gasteiger partial charge in [-0.25, -0.2) is 0 Å². The van der Waals surface area contributed by atoms with Crippen molar-refractivity contribution >= 4 is 0 Å². The number of rotatable bonds is 3. The highest BCUT2D eigenvalue weighted by Crippen LogP contribution is 2.42. The van der Waals surface area contributed by atoms with E-state index in [1.807, 2.05) is 0 Å². The molecule has 3 fully saturated rings. The average Bonchev–Trinajstić information content (AvgIpc) is 2.84. The van der Waals surface area contributed by atoms with Crippen molar-refractivity contribution in [2.24, 2.45) is 0 Å². The fourth-order valence-corrected chi connectivity index (χ4v) is 3.05. The van der Waals surface area contributed by atoms with E-state index in [1.165, 1.54) is 18.4 Å². The Morgan fingerprint density at radius 2 is 2.27 bits per heavy atom. The molecule has 3 rings (SSSR count). The molecule has 2 saturated heterocycles. The zero-order chi connectivity index (χ0) is 10.5. The number of hydrogen-bond donors (Lipinski definition) is 1. The second-order valence-corrected chi connectivity index (χ2v) is 5.35. The van der Waals surface area contributed by atoms with Gasteiger partial charge in [0.25, 0.3) is 0 Å². The second-order valence-electron chi connectivity index (χ2n) is 5.35. The minimum Gasteiger partial charge on any atom is -0.394 e. The van der Waals surface area contributed by atoms with Gasteiger partial charge in [-0.3, -0.25) is 4.90 Å². The number of aliphatic hydroxyl groups excluding tert-OH is 1. The van der Waals surface area contributed by atoms with E-state index in [0.29, 0.717) is 12.2 Å². The van der Waals surface area contributed by atoms with E-state index >= 15 is 0 Å². The lowest BCUT2D eigenvalue weighted by molar-refractivity contribution is 0.0440. The van der Waals surface area contributed by atoms with Gasteiger partial charge in [-0.1, -0.05) is 12.2 Å². The van der Waals surface area contributed by atoms with Crippen LogP contribution in [-0.2, 0) is 4.74 Å². The van der Waals surface area contributed by atoms with Gasteiger partial charge in [-0.2, -0.15) is 0 Å². The lowest BCUT2D eigenvalue weighted by Crippen LogP contribution is -2.41. The molecular weight excluding hydrogens is 190 g/mol. The zero-order valence-electron chi connectivity index (χ0n) is 9.11. The molecule has 3 nitrogen and oxygen atoms in total. The summed E-state index contributed by atoms with van der Waals surface area (Å²) in [5.74, 6) is 0. The van der Waals surface area contributed by atoms with Crippen molar-refractivity contribution < 1.29 is 9.84 Å². The third-order valence-corrected chi connectivity index (χ3v) is 3.90. The summed E-state index contributed by atoms with van der Waals surface area (Å²) in [7, 11) is 0. The Labute approximate surface area is 90.7 Å². The van der Waals surface area contributed by atoms with Gasteiger partial charge in [-0.05, 0) is 25.7 Å². The maximum absolute atomic E-state index is 9.57. The van der Waals surface area contributed by atoms with Gasteiger partial charge in [0.2, 0.25) is 0 Å². The van der Waals surface area contributed by atoms with Crippen LogP contribution >= 0.6 is 0 Å². The maximum Gasteiger partial charge on any atom is 0.0724 e. The topological polar surface area (TPSA) is 32.7 Å². The van der Waals surface area contributed by atoms with Gasteiger partial charge >= 0.3 is 0 Å². The van der Waals surface area contributed by atoms with Crippen LogP contribution in [0.1, 0.15) is 25.7 Å². The van der Waals surface area contributed by atoms with Crippen LogP contribution < -0.4 is 0 Å². The number of fused-ring (bicyclic) bond motifs is 1. The monoisotopic (exact) mass is 209 g/mol. The van der Waals surface area contributed by atoms with Crippen molar-refractivity contribution in [3.63, 3.8) is 0 Å². The van der Waals surface area contributed by atoms with Gasteiger partial charge in [0, 0.05) is 13.1 Å². The molecule has 0 aromatic carbocycles. The Balaban J connectivity index is 1.69. The van der Waals surface area contributed by atoms with Crippen LogP contribution in [0.4, 0.5) is 0 Å². The number of nitrogens with zero attached hydrogens (tertiary/aromatic N) is 1. The number of ether oxygens (including phenoxy) is 1. The molecule has 0 unspecified atom stereocenters. The fraction of sp³-hybridized carbons (Fsp3) is 0.833. The summed E-state index contributed by atoms with van der Waals surface area (Å²) in [5, 5.41) is 9.57. The van der Waals surface area contributed by atoms with E-state index in [1.54, 1.807) is 0 Å². The standard InChI is InChI=1S/C12H19NO2/c1-9-4-12(8-14)5-11(7-13(12)6-9)15-10-2-3-10/h10-11,14H,1-8H2/t11-,12-/m1/s1. The van der Waals surface area contributed by atoms with Crippen molar-refractivity contribution in [3.05, 3.63) is 12.2 Å². The Kier molecular flexibility index (Phi) is 2.16. The molecule has 15 heavy (non-hydrogen) atoms. The van der Waals surface area contributed by atoms with Crippen molar-refractivity contribution in [1.29, 1.82) is 0 Å². The third kappa shape index (κ3) is 1.63. The molecule has 2 atom stereocenters. The molecule has 2 heterocycles. The van der Waals surface area contributed by atoms with Crippen LogP contribution in [-0.4, -0.2) is 47.4 Å². The first-order valence-electron chi connectivity index (χ1n) is 5.90. The first-order valence-corrected chi connectivity index (χ1v) is 5.90. The summed E-state index contributed by atoms with van der Waals surface area (Å²) in [6.07, 6.45) is 5.27. The molecule has 3 aliphatic rings. The van der Waals surface area contributed by atoms with E-state index < -0.39 is 0 Å². The van der Waals surface area contributed by atoms with E-state index in [2.05, 4.69) is 11.5 Å². The van der Waals surface area contributed by atoms with Crippen LogP contribution in [0.2, 0.25) is 0 Å². The maximum atomic E-state index is 9.57. The fourth-order valence-electron chi connectivity index (χ4n) is 3.05. The SMILES string of the molecule is C=C1CN2C[C@H](OC3CC3)C[C@@]2(CO)C1. The number of aliphatic hydroxyl groups is 1. The average molecular weight is 209 g/mol. The molecule has 0 radical (unpaired) electrons. The third-order valence-electron chi connectivity index (χ3n) is 3.90. The smallest absolute Gasteiger partial charge is 0.0724 e. The molecule has 0 aromatic rings. The normalized spacial score (nSPS) is 41.1. The molecule has 84 valence electrons. The predicted molar refractivity (Wildman–Crippen MR) is 57.7 cm³/mol. The summed E-state index contributed by atoms with van der Waals surface area (Å²) in [4.78, 5) is 2.36. The largest absolute Gasteiger partial charge is 0.394 e. The minimum absolute atomic E-state index is 0.0311. The molecule has 1 aliphatic carbocycles. The molecule has 2 aliphatic heterocycles. The highest BCUT2D eigenvalue weighted by molar-refractivity contribution is 5.19. The highest BCUT2D eigenvalue weighted by Gasteiger charge is 2.50. The van der Waals surface area contributed by atoms with E-state index in [9.17, 15) is 5.11 Å². The van der Waals surface area contributed by atoms with Crippen molar-refractivity contribution in [2.75, 3.05) is 19.7 Å². The summed E-state index contributed by atoms with van der Waals surface area (Å²) < 4.78 is 5.94. The second kappa shape index (κ2) is 3.30. The lowest BCUT2D eigenvalue weighted by atomic mass is 9.93. The molecule has 0 bridgehead atoms.